The maximum absolute atomic E-state index is 12.5. The normalized spacial score (nSPS) is 31.9. The summed E-state index contributed by atoms with van der Waals surface area (Å²) in [4.78, 5) is 24.3. The molecule has 1 aliphatic heterocycles. The molecule has 1 unspecified atom stereocenters. The van der Waals surface area contributed by atoms with Gasteiger partial charge >= 0.3 is 0 Å². The van der Waals surface area contributed by atoms with Gasteiger partial charge in [0.25, 0.3) is 0 Å². The van der Waals surface area contributed by atoms with Crippen LogP contribution in [0.3, 0.4) is 0 Å². The first-order valence-corrected chi connectivity index (χ1v) is 7.56. The van der Waals surface area contributed by atoms with Crippen LogP contribution in [0.15, 0.2) is 24.3 Å². The molecule has 2 fully saturated rings. The van der Waals surface area contributed by atoms with E-state index in [0.717, 1.165) is 24.0 Å². The Bertz CT molecular complexity index is 575. The van der Waals surface area contributed by atoms with Gasteiger partial charge in [0, 0.05) is 13.0 Å². The van der Waals surface area contributed by atoms with Crippen molar-refractivity contribution in [2.75, 3.05) is 6.61 Å². The third kappa shape index (κ3) is 2.38. The van der Waals surface area contributed by atoms with Crippen LogP contribution < -0.4 is 5.32 Å². The van der Waals surface area contributed by atoms with Crippen LogP contribution in [0.25, 0.3) is 0 Å². The van der Waals surface area contributed by atoms with Gasteiger partial charge in [0.2, 0.25) is 11.8 Å². The van der Waals surface area contributed by atoms with Crippen LogP contribution in [0, 0.1) is 12.3 Å². The van der Waals surface area contributed by atoms with Crippen LogP contribution in [-0.2, 0) is 14.3 Å². The van der Waals surface area contributed by atoms with Crippen LogP contribution in [0.5, 0.6) is 0 Å². The molecule has 1 heterocycles. The number of hydrogen-bond donors (Lipinski definition) is 1. The molecule has 3 rings (SSSR count). The summed E-state index contributed by atoms with van der Waals surface area (Å²) >= 11 is 0. The lowest BCUT2D eigenvalue weighted by molar-refractivity contribution is -0.153. The molecular weight excluding hydrogens is 266 g/mol. The molecule has 1 saturated heterocycles. The van der Waals surface area contributed by atoms with Crippen LogP contribution in [-0.4, -0.2) is 24.5 Å². The van der Waals surface area contributed by atoms with Crippen molar-refractivity contribution >= 4 is 11.8 Å². The zero-order chi connectivity index (χ0) is 15.0. The summed E-state index contributed by atoms with van der Waals surface area (Å²) in [5.41, 5.74) is 1.88. The van der Waals surface area contributed by atoms with Crippen molar-refractivity contribution < 1.29 is 14.3 Å². The molecule has 1 atom stereocenters. The molecule has 0 aromatic heterocycles. The summed E-state index contributed by atoms with van der Waals surface area (Å²) < 4.78 is 5.65. The first kappa shape index (κ1) is 14.3. The van der Waals surface area contributed by atoms with Gasteiger partial charge in [-0.05, 0) is 43.2 Å². The number of benzene rings is 1. The average Bonchev–Trinajstić information content (AvgIpc) is 2.38. The van der Waals surface area contributed by atoms with Crippen LogP contribution in [0.1, 0.15) is 43.2 Å². The fourth-order valence-electron chi connectivity index (χ4n) is 3.92. The number of imide groups is 1. The topological polar surface area (TPSA) is 55.4 Å². The Kier molecular flexibility index (Phi) is 3.57. The Morgan fingerprint density at radius 1 is 1.29 bits per heavy atom. The summed E-state index contributed by atoms with van der Waals surface area (Å²) in [5, 5.41) is 2.51. The van der Waals surface area contributed by atoms with E-state index < -0.39 is 0 Å². The van der Waals surface area contributed by atoms with Gasteiger partial charge in [0.15, 0.2) is 0 Å². The number of ether oxygens (including phenoxy) is 1. The maximum atomic E-state index is 12.5. The maximum Gasteiger partial charge on any atom is 0.234 e. The largest absolute Gasteiger partial charge is 0.378 e. The molecule has 2 amide bonds. The summed E-state index contributed by atoms with van der Waals surface area (Å²) in [5.74, 6) is -0.552. The smallest absolute Gasteiger partial charge is 0.234 e. The fraction of sp³-hybridized carbons (Fsp3) is 0.529. The summed E-state index contributed by atoms with van der Waals surface area (Å²) in [6.07, 6.45) is 2.18. The molecule has 1 aliphatic carbocycles. The number of piperidine rings is 1. The third-order valence-electron chi connectivity index (χ3n) is 4.82. The Hall–Kier alpha value is -1.68. The molecule has 1 saturated carbocycles. The molecule has 1 aromatic carbocycles. The number of aryl methyl sites for hydroxylation is 1. The van der Waals surface area contributed by atoms with Crippen molar-refractivity contribution in [3.8, 4) is 0 Å². The fourth-order valence-corrected chi connectivity index (χ4v) is 3.92. The van der Waals surface area contributed by atoms with Gasteiger partial charge in [-0.1, -0.05) is 24.3 Å². The van der Waals surface area contributed by atoms with Gasteiger partial charge in [-0.3, -0.25) is 14.9 Å². The Balaban J connectivity index is 1.94. The number of rotatable bonds is 3. The van der Waals surface area contributed by atoms with E-state index in [2.05, 4.69) is 5.32 Å². The van der Waals surface area contributed by atoms with Gasteiger partial charge < -0.3 is 4.74 Å². The molecule has 112 valence electrons. The Morgan fingerprint density at radius 2 is 2.00 bits per heavy atom. The number of carbonyl (C=O) groups excluding carboxylic acids is 2. The quantitative estimate of drug-likeness (QED) is 0.868. The second-order valence-electron chi connectivity index (χ2n) is 6.23. The van der Waals surface area contributed by atoms with Crippen molar-refractivity contribution in [3.63, 3.8) is 0 Å². The molecular formula is C17H21NO3. The van der Waals surface area contributed by atoms with Gasteiger partial charge in [-0.15, -0.1) is 0 Å². The van der Waals surface area contributed by atoms with E-state index in [1.807, 2.05) is 38.1 Å². The summed E-state index contributed by atoms with van der Waals surface area (Å²) in [6.45, 7) is 4.67. The van der Waals surface area contributed by atoms with Crippen molar-refractivity contribution in [3.05, 3.63) is 35.4 Å². The Labute approximate surface area is 124 Å². The minimum Gasteiger partial charge on any atom is -0.378 e. The van der Waals surface area contributed by atoms with Gasteiger partial charge in [0.1, 0.15) is 0 Å². The van der Waals surface area contributed by atoms with E-state index in [1.54, 1.807) is 0 Å². The predicted molar refractivity (Wildman–Crippen MR) is 78.8 cm³/mol. The summed E-state index contributed by atoms with van der Waals surface area (Å²) in [6, 6.07) is 7.95. The molecule has 4 nitrogen and oxygen atoms in total. The summed E-state index contributed by atoms with van der Waals surface area (Å²) in [7, 11) is 0. The molecule has 1 aromatic rings. The van der Waals surface area contributed by atoms with Gasteiger partial charge in [-0.2, -0.15) is 0 Å². The zero-order valence-corrected chi connectivity index (χ0v) is 12.5. The monoisotopic (exact) mass is 287 g/mol. The highest BCUT2D eigenvalue weighted by molar-refractivity contribution is 6.02. The van der Waals surface area contributed by atoms with Crippen LogP contribution in [0.2, 0.25) is 0 Å². The molecule has 2 aliphatic rings. The lowest BCUT2D eigenvalue weighted by atomic mass is 9.54. The van der Waals surface area contributed by atoms with E-state index in [-0.39, 0.29) is 29.3 Å². The highest BCUT2D eigenvalue weighted by Gasteiger charge is 2.57. The number of carbonyl (C=O) groups is 2. The van der Waals surface area contributed by atoms with Crippen LogP contribution >= 0.6 is 0 Å². The van der Waals surface area contributed by atoms with E-state index in [4.69, 9.17) is 4.74 Å². The first-order chi connectivity index (χ1) is 10.1. The van der Waals surface area contributed by atoms with E-state index >= 15 is 0 Å². The number of hydrogen-bond acceptors (Lipinski definition) is 3. The second kappa shape index (κ2) is 5.26. The molecule has 4 heteroatoms. The second-order valence-corrected chi connectivity index (χ2v) is 6.23. The molecule has 0 radical (unpaired) electrons. The average molecular weight is 287 g/mol. The predicted octanol–water partition coefficient (Wildman–Crippen LogP) is 2.31. The van der Waals surface area contributed by atoms with Gasteiger partial charge in [-0.25, -0.2) is 0 Å². The van der Waals surface area contributed by atoms with E-state index in [0.29, 0.717) is 13.0 Å². The minimum absolute atomic E-state index is 0.153. The standard InChI is InChI=1S/C17H21NO3/c1-3-21-12-8-17(9-12)10-14(19)18-16(20)15(17)13-7-5-4-6-11(13)2/h4-7,12,15H,3,8-10H2,1-2H3,(H,18,19,20). The minimum atomic E-state index is -0.259. The van der Waals surface area contributed by atoms with E-state index in [1.165, 1.54) is 0 Å². The SMILES string of the molecule is CCOC1CC2(CC(=O)NC(=O)C2c2ccccc2C)C1. The molecule has 1 spiro atoms. The van der Waals surface area contributed by atoms with Crippen molar-refractivity contribution in [1.82, 2.24) is 5.32 Å². The lowest BCUT2D eigenvalue weighted by Gasteiger charge is -2.53. The van der Waals surface area contributed by atoms with Crippen LogP contribution in [0.4, 0.5) is 0 Å². The zero-order valence-electron chi connectivity index (χ0n) is 12.5. The molecule has 21 heavy (non-hydrogen) atoms. The van der Waals surface area contributed by atoms with Gasteiger partial charge in [0.05, 0.1) is 12.0 Å². The first-order valence-electron chi connectivity index (χ1n) is 7.56. The number of nitrogens with one attached hydrogen (secondary N) is 1. The van der Waals surface area contributed by atoms with Crippen molar-refractivity contribution in [1.29, 1.82) is 0 Å². The number of amides is 2. The van der Waals surface area contributed by atoms with Crippen molar-refractivity contribution in [2.45, 2.75) is 45.1 Å². The highest BCUT2D eigenvalue weighted by Crippen LogP contribution is 2.56. The third-order valence-corrected chi connectivity index (χ3v) is 4.82. The van der Waals surface area contributed by atoms with E-state index in [9.17, 15) is 9.59 Å². The highest BCUT2D eigenvalue weighted by atomic mass is 16.5. The lowest BCUT2D eigenvalue weighted by Crippen LogP contribution is -2.58. The molecule has 0 bridgehead atoms. The molecule has 1 N–H and O–H groups in total. The Morgan fingerprint density at radius 3 is 2.67 bits per heavy atom. The van der Waals surface area contributed by atoms with Crippen molar-refractivity contribution in [2.24, 2.45) is 5.41 Å².